The normalized spacial score (nSPS) is 18.6. The van der Waals surface area contributed by atoms with Crippen molar-refractivity contribution in [3.8, 4) is 17.6 Å². The number of fused-ring (bicyclic) bond motifs is 1. The van der Waals surface area contributed by atoms with Gasteiger partial charge < -0.3 is 14.5 Å². The van der Waals surface area contributed by atoms with Crippen LogP contribution in [0.1, 0.15) is 25.0 Å². The van der Waals surface area contributed by atoms with Gasteiger partial charge in [-0.05, 0) is 37.3 Å². The second-order valence-electron chi connectivity index (χ2n) is 8.84. The summed E-state index contributed by atoms with van der Waals surface area (Å²) in [4.78, 5) is 29.2. The summed E-state index contributed by atoms with van der Waals surface area (Å²) in [6, 6.07) is 4.78. The van der Waals surface area contributed by atoms with Gasteiger partial charge in [-0.15, -0.1) is 0 Å². The van der Waals surface area contributed by atoms with Gasteiger partial charge in [-0.3, -0.25) is 9.20 Å². The molecule has 0 aliphatic carbocycles. The Kier molecular flexibility index (Phi) is 6.55. The number of hydrogen-bond acceptors (Lipinski definition) is 7. The smallest absolute Gasteiger partial charge is 0.236 e. The number of piperidine rings is 1. The van der Waals surface area contributed by atoms with E-state index in [-0.39, 0.29) is 35.6 Å². The van der Waals surface area contributed by atoms with Crippen LogP contribution in [-0.4, -0.2) is 69.6 Å². The van der Waals surface area contributed by atoms with E-state index in [1.54, 1.807) is 21.6 Å². The number of aromatic nitrogens is 4. The molecule has 2 saturated heterocycles. The molecule has 35 heavy (non-hydrogen) atoms. The van der Waals surface area contributed by atoms with Crippen molar-refractivity contribution >= 4 is 17.4 Å². The quantitative estimate of drug-likeness (QED) is 0.552. The second-order valence-corrected chi connectivity index (χ2v) is 8.84. The number of carbonyl (C=O) groups excluding carboxylic acids is 1. The lowest BCUT2D eigenvalue weighted by molar-refractivity contribution is -0.131. The Morgan fingerprint density at radius 2 is 2.03 bits per heavy atom. The molecule has 1 amide bonds. The summed E-state index contributed by atoms with van der Waals surface area (Å²) in [5.74, 6) is -0.682. The largest absolute Gasteiger partial charge is 0.378 e. The summed E-state index contributed by atoms with van der Waals surface area (Å²) in [5, 5.41) is 8.86. The highest BCUT2D eigenvalue weighted by Gasteiger charge is 2.28. The number of rotatable bonds is 5. The third kappa shape index (κ3) is 4.79. The number of ether oxygens (including phenoxy) is 1. The van der Waals surface area contributed by atoms with Crippen molar-refractivity contribution in [3.05, 3.63) is 41.9 Å². The second kappa shape index (κ2) is 9.92. The third-order valence-electron chi connectivity index (χ3n) is 6.50. The first-order valence-electron chi connectivity index (χ1n) is 11.7. The molecule has 3 aromatic heterocycles. The zero-order valence-corrected chi connectivity index (χ0v) is 19.2. The lowest BCUT2D eigenvalue weighted by Crippen LogP contribution is -2.40. The van der Waals surface area contributed by atoms with Gasteiger partial charge in [-0.2, -0.15) is 5.26 Å². The van der Waals surface area contributed by atoms with Crippen LogP contribution in [0.5, 0.6) is 0 Å². The van der Waals surface area contributed by atoms with Crippen LogP contribution in [0.25, 0.3) is 17.2 Å². The zero-order chi connectivity index (χ0) is 24.4. The van der Waals surface area contributed by atoms with E-state index in [9.17, 15) is 9.18 Å². The Labute approximate surface area is 201 Å². The number of pyridine rings is 1. The molecule has 0 spiro atoms. The molecule has 0 radical (unpaired) electrons. The number of hydrogen-bond donors (Lipinski definition) is 0. The summed E-state index contributed by atoms with van der Waals surface area (Å²) in [6.45, 7) is 2.97. The maximum absolute atomic E-state index is 15.8. The molecule has 0 unspecified atom stereocenters. The molecule has 2 aliphatic rings. The fourth-order valence-electron chi connectivity index (χ4n) is 4.75. The number of nitriles is 1. The Morgan fingerprint density at radius 1 is 1.20 bits per heavy atom. The first kappa shape index (κ1) is 23.1. The maximum Gasteiger partial charge on any atom is 0.236 e. The van der Waals surface area contributed by atoms with Crippen molar-refractivity contribution in [2.24, 2.45) is 5.92 Å². The van der Waals surface area contributed by atoms with Crippen molar-refractivity contribution in [2.45, 2.75) is 25.7 Å². The molecular weight excluding hydrogens is 456 g/mol. The standard InChI is InChI=1S/C24H25F2N7O2/c25-17-3-4-20-28-13-19(33(20)15-17)23-29-18(22(26)24(30-23)31-8-10-35-11-9-31)12-16-2-1-7-32(14-16)21(34)5-6-27/h3-4,13,15-16H,1-2,5,7-12,14H2/t16-/m0/s1. The van der Waals surface area contributed by atoms with E-state index in [1.807, 2.05) is 11.0 Å². The molecule has 2 fully saturated rings. The highest BCUT2D eigenvalue weighted by atomic mass is 19.1. The van der Waals surface area contributed by atoms with Gasteiger partial charge in [0.25, 0.3) is 0 Å². The molecule has 182 valence electrons. The lowest BCUT2D eigenvalue weighted by atomic mass is 9.92. The number of likely N-dealkylation sites (tertiary alicyclic amines) is 1. The molecule has 3 aromatic rings. The van der Waals surface area contributed by atoms with Crippen molar-refractivity contribution in [1.29, 1.82) is 5.26 Å². The Balaban J connectivity index is 1.52. The SMILES string of the molecule is N#CCC(=O)N1CCC[C@@H](Cc2nc(-c3cnc4ccc(F)cn34)nc(N3CCOCC3)c2F)C1. The molecular formula is C24H25F2N7O2. The molecule has 11 heteroatoms. The summed E-state index contributed by atoms with van der Waals surface area (Å²) in [7, 11) is 0. The summed E-state index contributed by atoms with van der Waals surface area (Å²) < 4.78 is 36.7. The molecule has 0 saturated carbocycles. The number of amides is 1. The predicted octanol–water partition coefficient (Wildman–Crippen LogP) is 2.60. The first-order valence-corrected chi connectivity index (χ1v) is 11.7. The lowest BCUT2D eigenvalue weighted by Gasteiger charge is -2.33. The predicted molar refractivity (Wildman–Crippen MR) is 122 cm³/mol. The topological polar surface area (TPSA) is 99.6 Å². The number of anilines is 1. The van der Waals surface area contributed by atoms with Crippen molar-refractivity contribution in [3.63, 3.8) is 0 Å². The van der Waals surface area contributed by atoms with Crippen LogP contribution < -0.4 is 4.90 Å². The first-order chi connectivity index (χ1) is 17.0. The maximum atomic E-state index is 15.8. The molecule has 9 nitrogen and oxygen atoms in total. The van der Waals surface area contributed by atoms with E-state index in [1.165, 1.54) is 12.3 Å². The van der Waals surface area contributed by atoms with Crippen molar-refractivity contribution < 1.29 is 18.3 Å². The van der Waals surface area contributed by atoms with Crippen LogP contribution >= 0.6 is 0 Å². The third-order valence-corrected chi connectivity index (χ3v) is 6.50. The molecule has 5 heterocycles. The monoisotopic (exact) mass is 481 g/mol. The van der Waals surface area contributed by atoms with Crippen molar-refractivity contribution in [1.82, 2.24) is 24.3 Å². The highest BCUT2D eigenvalue weighted by molar-refractivity contribution is 5.78. The Morgan fingerprint density at radius 3 is 2.83 bits per heavy atom. The molecule has 2 aliphatic heterocycles. The van der Waals surface area contributed by atoms with E-state index in [0.717, 1.165) is 12.8 Å². The van der Waals surface area contributed by atoms with Gasteiger partial charge in [-0.25, -0.2) is 23.7 Å². The van der Waals surface area contributed by atoms with Gasteiger partial charge in [0.2, 0.25) is 5.91 Å². The number of carbonyl (C=O) groups is 1. The Hall–Kier alpha value is -3.65. The molecule has 0 aromatic carbocycles. The van der Waals surface area contributed by atoms with Gasteiger partial charge in [0.1, 0.15) is 23.6 Å². The fourth-order valence-corrected chi connectivity index (χ4v) is 4.75. The molecule has 1 atom stereocenters. The number of halogens is 2. The molecule has 0 bridgehead atoms. The average Bonchev–Trinajstić information content (AvgIpc) is 3.29. The Bertz CT molecular complexity index is 1280. The van der Waals surface area contributed by atoms with Gasteiger partial charge in [-0.1, -0.05) is 0 Å². The number of morpholine rings is 1. The minimum absolute atomic E-state index is 0.000751. The van der Waals surface area contributed by atoms with Crippen LogP contribution in [0.4, 0.5) is 14.6 Å². The minimum Gasteiger partial charge on any atom is -0.378 e. The van der Waals surface area contributed by atoms with Gasteiger partial charge in [0.05, 0.1) is 31.2 Å². The van der Waals surface area contributed by atoms with Crippen LogP contribution in [-0.2, 0) is 16.0 Å². The van der Waals surface area contributed by atoms with E-state index >= 15 is 4.39 Å². The van der Waals surface area contributed by atoms with E-state index < -0.39 is 11.6 Å². The molecule has 0 N–H and O–H groups in total. The van der Waals surface area contributed by atoms with Gasteiger partial charge in [0, 0.05) is 32.4 Å². The van der Waals surface area contributed by atoms with Gasteiger partial charge in [0.15, 0.2) is 17.5 Å². The van der Waals surface area contributed by atoms with Crippen molar-refractivity contribution in [2.75, 3.05) is 44.3 Å². The van der Waals surface area contributed by atoms with Gasteiger partial charge >= 0.3 is 0 Å². The van der Waals surface area contributed by atoms with E-state index in [4.69, 9.17) is 10.00 Å². The van der Waals surface area contributed by atoms with Crippen LogP contribution in [0.2, 0.25) is 0 Å². The minimum atomic E-state index is -0.490. The van der Waals surface area contributed by atoms with E-state index in [2.05, 4.69) is 15.0 Å². The number of nitrogens with zero attached hydrogens (tertiary/aromatic N) is 7. The van der Waals surface area contributed by atoms with Crippen LogP contribution in [0.3, 0.4) is 0 Å². The highest BCUT2D eigenvalue weighted by Crippen LogP contribution is 2.29. The van der Waals surface area contributed by atoms with E-state index in [0.29, 0.717) is 57.2 Å². The molecule has 5 rings (SSSR count). The summed E-state index contributed by atoms with van der Waals surface area (Å²) >= 11 is 0. The van der Waals surface area contributed by atoms with Crippen LogP contribution in [0, 0.1) is 28.9 Å². The van der Waals surface area contributed by atoms with Crippen LogP contribution in [0.15, 0.2) is 24.5 Å². The summed E-state index contributed by atoms with van der Waals surface area (Å²) in [6.07, 6.45) is 4.62. The number of imidazole rings is 1. The average molecular weight is 482 g/mol. The fraction of sp³-hybridized carbons (Fsp3) is 0.458. The zero-order valence-electron chi connectivity index (χ0n) is 19.2. The summed E-state index contributed by atoms with van der Waals surface area (Å²) in [5.41, 5.74) is 1.25.